The summed E-state index contributed by atoms with van der Waals surface area (Å²) in [7, 11) is 0. The zero-order valence-electron chi connectivity index (χ0n) is 13.9. The van der Waals surface area contributed by atoms with Gasteiger partial charge in [-0.2, -0.15) is 0 Å². The van der Waals surface area contributed by atoms with Crippen LogP contribution in [0.25, 0.3) is 0 Å². The number of hydrogen-bond donors (Lipinski definition) is 1. The van der Waals surface area contributed by atoms with Crippen molar-refractivity contribution in [2.24, 2.45) is 0 Å². The van der Waals surface area contributed by atoms with Crippen LogP contribution in [-0.2, 0) is 9.53 Å². The minimum atomic E-state index is -1.02. The summed E-state index contributed by atoms with van der Waals surface area (Å²) in [6.07, 6.45) is 6.36. The molecule has 0 amide bonds. The Bertz CT molecular complexity index is 481. The number of carboxylic acid groups (broad SMARTS) is 1. The predicted molar refractivity (Wildman–Crippen MR) is 87.8 cm³/mol. The molecule has 1 atom stereocenters. The second-order valence-corrected chi connectivity index (χ2v) is 5.53. The Morgan fingerprint density at radius 2 is 1.65 bits per heavy atom. The Morgan fingerprint density at radius 1 is 1.04 bits per heavy atom. The van der Waals surface area contributed by atoms with E-state index in [1.807, 2.05) is 0 Å². The van der Waals surface area contributed by atoms with Crippen LogP contribution in [0.15, 0.2) is 24.3 Å². The van der Waals surface area contributed by atoms with E-state index in [9.17, 15) is 9.59 Å². The minimum Gasteiger partial charge on any atom is -0.478 e. The van der Waals surface area contributed by atoms with Gasteiger partial charge >= 0.3 is 11.9 Å². The van der Waals surface area contributed by atoms with Gasteiger partial charge in [0.2, 0.25) is 0 Å². The van der Waals surface area contributed by atoms with E-state index in [4.69, 9.17) is 14.6 Å². The summed E-state index contributed by atoms with van der Waals surface area (Å²) in [4.78, 5) is 22.6. The average molecular weight is 322 g/mol. The third-order valence-corrected chi connectivity index (χ3v) is 3.52. The Balaban J connectivity index is 2.24. The summed E-state index contributed by atoms with van der Waals surface area (Å²) in [6, 6.07) is 5.71. The van der Waals surface area contributed by atoms with Crippen molar-refractivity contribution in [3.8, 4) is 5.75 Å². The van der Waals surface area contributed by atoms with E-state index in [-0.39, 0.29) is 5.56 Å². The lowest BCUT2D eigenvalue weighted by atomic mass is 10.1. The summed E-state index contributed by atoms with van der Waals surface area (Å²) < 4.78 is 10.6. The summed E-state index contributed by atoms with van der Waals surface area (Å²) >= 11 is 0. The van der Waals surface area contributed by atoms with Crippen molar-refractivity contribution in [3.63, 3.8) is 0 Å². The van der Waals surface area contributed by atoms with Crippen LogP contribution in [0, 0.1) is 0 Å². The van der Waals surface area contributed by atoms with Gasteiger partial charge in [-0.15, -0.1) is 0 Å². The number of esters is 1. The molecular formula is C18H26O5. The van der Waals surface area contributed by atoms with Gasteiger partial charge in [-0.05, 0) is 37.6 Å². The van der Waals surface area contributed by atoms with Crippen LogP contribution >= 0.6 is 0 Å². The van der Waals surface area contributed by atoms with Crippen LogP contribution in [0.1, 0.15) is 62.7 Å². The van der Waals surface area contributed by atoms with Gasteiger partial charge in [-0.25, -0.2) is 9.59 Å². The first-order valence-corrected chi connectivity index (χ1v) is 8.21. The van der Waals surface area contributed by atoms with E-state index in [0.29, 0.717) is 12.4 Å². The number of carbonyl (C=O) groups is 2. The number of unbranched alkanes of at least 4 members (excludes halogenated alkanes) is 5. The molecule has 23 heavy (non-hydrogen) atoms. The van der Waals surface area contributed by atoms with Crippen LogP contribution in [0.4, 0.5) is 0 Å². The maximum atomic E-state index is 11.9. The Hall–Kier alpha value is -1.88. The molecular weight excluding hydrogens is 296 g/mol. The monoisotopic (exact) mass is 322 g/mol. The van der Waals surface area contributed by atoms with Crippen molar-refractivity contribution in [1.29, 1.82) is 0 Å². The molecule has 0 bridgehead atoms. The molecule has 0 aliphatic carbocycles. The molecule has 0 aromatic heterocycles. The molecule has 128 valence electrons. The lowest BCUT2D eigenvalue weighted by Gasteiger charge is -2.12. The first kappa shape index (κ1) is 19.2. The summed E-state index contributed by atoms with van der Waals surface area (Å²) in [5, 5.41) is 8.81. The molecule has 1 unspecified atom stereocenters. The lowest BCUT2D eigenvalue weighted by Crippen LogP contribution is -2.26. The van der Waals surface area contributed by atoms with Crippen LogP contribution in [0.2, 0.25) is 0 Å². The number of ether oxygens (including phenoxy) is 2. The molecule has 0 saturated carbocycles. The van der Waals surface area contributed by atoms with Gasteiger partial charge in [-0.1, -0.05) is 39.0 Å². The van der Waals surface area contributed by atoms with Gasteiger partial charge < -0.3 is 14.6 Å². The van der Waals surface area contributed by atoms with Crippen molar-refractivity contribution in [3.05, 3.63) is 29.8 Å². The highest BCUT2D eigenvalue weighted by Crippen LogP contribution is 2.13. The number of hydrogen-bond acceptors (Lipinski definition) is 4. The average Bonchev–Trinajstić information content (AvgIpc) is 2.54. The first-order chi connectivity index (χ1) is 11.0. The van der Waals surface area contributed by atoms with Crippen LogP contribution in [0.5, 0.6) is 5.75 Å². The molecule has 1 rings (SSSR count). The maximum absolute atomic E-state index is 11.9. The maximum Gasteiger partial charge on any atom is 0.340 e. The summed E-state index contributed by atoms with van der Waals surface area (Å²) in [5.41, 5.74) is 0.150. The zero-order chi connectivity index (χ0) is 17.1. The quantitative estimate of drug-likeness (QED) is 0.378. The van der Waals surface area contributed by atoms with Crippen LogP contribution < -0.4 is 4.74 Å². The fraction of sp³-hybridized carbons (Fsp3) is 0.556. The third kappa shape index (κ3) is 7.79. The van der Waals surface area contributed by atoms with E-state index in [1.54, 1.807) is 6.92 Å². The number of carboxylic acids is 1. The van der Waals surface area contributed by atoms with Gasteiger partial charge in [0.05, 0.1) is 5.56 Å². The van der Waals surface area contributed by atoms with E-state index in [2.05, 4.69) is 6.92 Å². The van der Waals surface area contributed by atoms with Gasteiger partial charge in [0.25, 0.3) is 0 Å². The second kappa shape index (κ2) is 10.8. The molecule has 1 aromatic rings. The van der Waals surface area contributed by atoms with E-state index in [1.165, 1.54) is 49.9 Å². The standard InChI is InChI=1S/C18H26O5/c1-3-4-5-6-7-8-13-22-14(2)18(21)23-16-11-9-15(10-12-16)17(19)20/h9-12,14H,3-8,13H2,1-2H3,(H,19,20). The molecule has 5 nitrogen and oxygen atoms in total. The fourth-order valence-electron chi connectivity index (χ4n) is 2.08. The van der Waals surface area contributed by atoms with Gasteiger partial charge in [0.1, 0.15) is 5.75 Å². The molecule has 0 saturated heterocycles. The second-order valence-electron chi connectivity index (χ2n) is 5.53. The van der Waals surface area contributed by atoms with E-state index < -0.39 is 18.0 Å². The molecule has 1 aromatic carbocycles. The van der Waals surface area contributed by atoms with E-state index in [0.717, 1.165) is 12.8 Å². The van der Waals surface area contributed by atoms with Crippen molar-refractivity contribution in [2.45, 2.75) is 58.5 Å². The molecule has 0 spiro atoms. The largest absolute Gasteiger partial charge is 0.478 e. The number of carbonyl (C=O) groups excluding carboxylic acids is 1. The van der Waals surface area contributed by atoms with Gasteiger partial charge in [-0.3, -0.25) is 0 Å². The zero-order valence-corrected chi connectivity index (χ0v) is 13.9. The summed E-state index contributed by atoms with van der Waals surface area (Å²) in [6.45, 7) is 4.39. The van der Waals surface area contributed by atoms with Crippen molar-refractivity contribution < 1.29 is 24.2 Å². The smallest absolute Gasteiger partial charge is 0.340 e. The van der Waals surface area contributed by atoms with Crippen molar-refractivity contribution >= 4 is 11.9 Å². The Kier molecular flexibility index (Phi) is 8.98. The SMILES string of the molecule is CCCCCCCCOC(C)C(=O)Oc1ccc(C(=O)O)cc1. The Morgan fingerprint density at radius 3 is 2.26 bits per heavy atom. The fourth-order valence-corrected chi connectivity index (χ4v) is 2.08. The predicted octanol–water partition coefficient (Wildman–Crippen LogP) is 4.06. The molecule has 0 aliphatic heterocycles. The molecule has 5 heteroatoms. The van der Waals surface area contributed by atoms with Gasteiger partial charge in [0, 0.05) is 6.61 Å². The molecule has 1 N–H and O–H groups in total. The summed E-state index contributed by atoms with van der Waals surface area (Å²) in [5.74, 6) is -1.17. The van der Waals surface area contributed by atoms with Crippen LogP contribution in [-0.4, -0.2) is 29.8 Å². The minimum absolute atomic E-state index is 0.150. The van der Waals surface area contributed by atoms with Crippen LogP contribution in [0.3, 0.4) is 0 Å². The van der Waals surface area contributed by atoms with Crippen molar-refractivity contribution in [1.82, 2.24) is 0 Å². The molecule has 0 radical (unpaired) electrons. The number of benzene rings is 1. The third-order valence-electron chi connectivity index (χ3n) is 3.52. The highest BCUT2D eigenvalue weighted by molar-refractivity contribution is 5.87. The van der Waals surface area contributed by atoms with Crippen molar-refractivity contribution in [2.75, 3.05) is 6.61 Å². The number of rotatable bonds is 11. The normalized spacial score (nSPS) is 11.9. The number of aromatic carboxylic acids is 1. The topological polar surface area (TPSA) is 72.8 Å². The van der Waals surface area contributed by atoms with Gasteiger partial charge in [0.15, 0.2) is 6.10 Å². The molecule has 0 aliphatic rings. The highest BCUT2D eigenvalue weighted by Gasteiger charge is 2.16. The molecule has 0 fully saturated rings. The lowest BCUT2D eigenvalue weighted by molar-refractivity contribution is -0.146. The molecule has 0 heterocycles. The Labute approximate surface area is 137 Å². The first-order valence-electron chi connectivity index (χ1n) is 8.21. The highest BCUT2D eigenvalue weighted by atomic mass is 16.6. The van der Waals surface area contributed by atoms with E-state index >= 15 is 0 Å².